The van der Waals surface area contributed by atoms with E-state index >= 15 is 0 Å². The summed E-state index contributed by atoms with van der Waals surface area (Å²) in [5, 5.41) is 12.0. The Hall–Kier alpha value is -2.43. The number of aromatic nitrogens is 2. The highest BCUT2D eigenvalue weighted by Gasteiger charge is 2.08. The van der Waals surface area contributed by atoms with Gasteiger partial charge in [0.15, 0.2) is 5.69 Å². The Morgan fingerprint density at radius 3 is 2.65 bits per heavy atom. The minimum absolute atomic E-state index is 0.0536. The van der Waals surface area contributed by atoms with E-state index in [9.17, 15) is 4.79 Å². The predicted octanol–water partition coefficient (Wildman–Crippen LogP) is 2.53. The van der Waals surface area contributed by atoms with Crippen LogP contribution in [0.4, 0.5) is 5.82 Å². The van der Waals surface area contributed by atoms with Crippen molar-refractivity contribution in [3.05, 3.63) is 53.5 Å². The average Bonchev–Trinajstić information content (AvgIpc) is 2.42. The van der Waals surface area contributed by atoms with Crippen molar-refractivity contribution in [2.75, 3.05) is 5.32 Å². The molecule has 0 spiro atoms. The summed E-state index contributed by atoms with van der Waals surface area (Å²) in [4.78, 5) is 18.6. The first-order valence-corrected chi connectivity index (χ1v) is 6.42. The largest absolute Gasteiger partial charge is 0.476 e. The molecule has 0 bridgehead atoms. The first kappa shape index (κ1) is 14.0. The number of benzene rings is 1. The van der Waals surface area contributed by atoms with Crippen molar-refractivity contribution in [1.82, 2.24) is 9.97 Å². The van der Waals surface area contributed by atoms with E-state index in [1.165, 1.54) is 23.5 Å². The number of aryl methyl sites for hydroxylation is 1. The maximum atomic E-state index is 10.7. The summed E-state index contributed by atoms with van der Waals surface area (Å²) < 4.78 is 0. The molecule has 2 rings (SSSR count). The second kappa shape index (κ2) is 6.14. The molecular formula is C15H17N3O2. The molecule has 5 nitrogen and oxygen atoms in total. The minimum atomic E-state index is -1.07. The summed E-state index contributed by atoms with van der Waals surface area (Å²) in [5.74, 6) is -0.493. The second-order valence-electron chi connectivity index (χ2n) is 4.77. The van der Waals surface area contributed by atoms with Crippen molar-refractivity contribution < 1.29 is 9.90 Å². The SMILES string of the molecule is Cc1ccccc1CC(C)Nc1cnc(C(=O)O)cn1. The molecule has 1 atom stereocenters. The molecule has 2 aromatic rings. The smallest absolute Gasteiger partial charge is 0.356 e. The van der Waals surface area contributed by atoms with E-state index in [4.69, 9.17) is 5.11 Å². The van der Waals surface area contributed by atoms with Gasteiger partial charge in [0.1, 0.15) is 5.82 Å². The van der Waals surface area contributed by atoms with Crippen molar-refractivity contribution in [2.45, 2.75) is 26.3 Å². The van der Waals surface area contributed by atoms with Crippen LogP contribution in [0.2, 0.25) is 0 Å². The summed E-state index contributed by atoms with van der Waals surface area (Å²) in [6.07, 6.45) is 3.57. The van der Waals surface area contributed by atoms with E-state index < -0.39 is 5.97 Å². The standard InChI is InChI=1S/C15H17N3O2/c1-10-5-3-4-6-12(10)7-11(2)18-14-9-16-13(8-17-14)15(19)20/h3-6,8-9,11H,7H2,1-2H3,(H,17,18)(H,19,20). The number of nitrogens with one attached hydrogen (secondary N) is 1. The van der Waals surface area contributed by atoms with Gasteiger partial charge in [0, 0.05) is 6.04 Å². The Labute approximate surface area is 117 Å². The molecule has 20 heavy (non-hydrogen) atoms. The molecule has 0 amide bonds. The predicted molar refractivity (Wildman–Crippen MR) is 77.0 cm³/mol. The van der Waals surface area contributed by atoms with Crippen LogP contribution < -0.4 is 5.32 Å². The van der Waals surface area contributed by atoms with Crippen LogP contribution in [0, 0.1) is 6.92 Å². The van der Waals surface area contributed by atoms with Gasteiger partial charge in [-0.1, -0.05) is 24.3 Å². The number of hydrogen-bond acceptors (Lipinski definition) is 4. The normalized spacial score (nSPS) is 11.9. The molecule has 1 heterocycles. The first-order valence-electron chi connectivity index (χ1n) is 6.42. The van der Waals surface area contributed by atoms with Gasteiger partial charge in [0.25, 0.3) is 0 Å². The van der Waals surface area contributed by atoms with Gasteiger partial charge in [-0.2, -0.15) is 0 Å². The molecule has 0 saturated carbocycles. The van der Waals surface area contributed by atoms with E-state index in [1.54, 1.807) is 0 Å². The zero-order chi connectivity index (χ0) is 14.5. The van der Waals surface area contributed by atoms with Crippen molar-refractivity contribution in [3.8, 4) is 0 Å². The summed E-state index contributed by atoms with van der Waals surface area (Å²) in [5.41, 5.74) is 2.48. The van der Waals surface area contributed by atoms with Crippen molar-refractivity contribution in [2.24, 2.45) is 0 Å². The van der Waals surface area contributed by atoms with Gasteiger partial charge in [0.05, 0.1) is 12.4 Å². The monoisotopic (exact) mass is 271 g/mol. The molecule has 0 aliphatic rings. The lowest BCUT2D eigenvalue weighted by atomic mass is 10.0. The van der Waals surface area contributed by atoms with Crippen LogP contribution in [-0.2, 0) is 6.42 Å². The summed E-state index contributed by atoms with van der Waals surface area (Å²) in [7, 11) is 0. The molecule has 1 unspecified atom stereocenters. The third-order valence-electron chi connectivity index (χ3n) is 3.05. The Morgan fingerprint density at radius 1 is 1.30 bits per heavy atom. The molecule has 0 aliphatic carbocycles. The lowest BCUT2D eigenvalue weighted by molar-refractivity contribution is 0.0690. The molecule has 1 aromatic heterocycles. The Kier molecular flexibility index (Phi) is 4.30. The van der Waals surface area contributed by atoms with Gasteiger partial charge < -0.3 is 10.4 Å². The van der Waals surface area contributed by atoms with Crippen LogP contribution >= 0.6 is 0 Å². The second-order valence-corrected chi connectivity index (χ2v) is 4.77. The van der Waals surface area contributed by atoms with Gasteiger partial charge in [0.2, 0.25) is 0 Å². The van der Waals surface area contributed by atoms with Gasteiger partial charge in [-0.05, 0) is 31.4 Å². The van der Waals surface area contributed by atoms with E-state index in [-0.39, 0.29) is 11.7 Å². The van der Waals surface area contributed by atoms with Crippen LogP contribution in [0.3, 0.4) is 0 Å². The highest BCUT2D eigenvalue weighted by Crippen LogP contribution is 2.12. The number of anilines is 1. The van der Waals surface area contributed by atoms with Crippen molar-refractivity contribution in [1.29, 1.82) is 0 Å². The van der Waals surface area contributed by atoms with Crippen LogP contribution in [0.25, 0.3) is 0 Å². The number of rotatable bonds is 5. The Bertz CT molecular complexity index is 596. The lowest BCUT2D eigenvalue weighted by Gasteiger charge is -2.15. The summed E-state index contributed by atoms with van der Waals surface area (Å²) in [6.45, 7) is 4.14. The zero-order valence-electron chi connectivity index (χ0n) is 11.5. The molecule has 0 aliphatic heterocycles. The van der Waals surface area contributed by atoms with Crippen LogP contribution in [0.1, 0.15) is 28.5 Å². The summed E-state index contributed by atoms with van der Waals surface area (Å²) >= 11 is 0. The number of hydrogen-bond donors (Lipinski definition) is 2. The fourth-order valence-electron chi connectivity index (χ4n) is 1.99. The Morgan fingerprint density at radius 2 is 2.05 bits per heavy atom. The number of nitrogens with zero attached hydrogens (tertiary/aromatic N) is 2. The van der Waals surface area contributed by atoms with Crippen molar-refractivity contribution >= 4 is 11.8 Å². The lowest BCUT2D eigenvalue weighted by Crippen LogP contribution is -2.19. The van der Waals surface area contributed by atoms with Gasteiger partial charge in [-0.25, -0.2) is 14.8 Å². The molecule has 0 fully saturated rings. The molecule has 5 heteroatoms. The number of aromatic carboxylic acids is 1. The molecule has 104 valence electrons. The molecule has 2 N–H and O–H groups in total. The highest BCUT2D eigenvalue weighted by molar-refractivity contribution is 5.84. The molecule has 1 aromatic carbocycles. The molecule has 0 saturated heterocycles. The van der Waals surface area contributed by atoms with E-state index in [0.717, 1.165) is 6.42 Å². The fraction of sp³-hybridized carbons (Fsp3) is 0.267. The van der Waals surface area contributed by atoms with E-state index in [1.807, 2.05) is 12.1 Å². The number of carboxylic acid groups (broad SMARTS) is 1. The first-order chi connectivity index (χ1) is 9.56. The quantitative estimate of drug-likeness (QED) is 0.874. The van der Waals surface area contributed by atoms with E-state index in [0.29, 0.717) is 5.82 Å². The number of carboxylic acids is 1. The van der Waals surface area contributed by atoms with Gasteiger partial charge in [-0.15, -0.1) is 0 Å². The Balaban J connectivity index is 1.99. The highest BCUT2D eigenvalue weighted by atomic mass is 16.4. The molecule has 0 radical (unpaired) electrons. The maximum Gasteiger partial charge on any atom is 0.356 e. The minimum Gasteiger partial charge on any atom is -0.476 e. The third kappa shape index (κ3) is 3.54. The molecular weight excluding hydrogens is 254 g/mol. The zero-order valence-corrected chi connectivity index (χ0v) is 11.5. The van der Waals surface area contributed by atoms with Gasteiger partial charge in [-0.3, -0.25) is 0 Å². The van der Waals surface area contributed by atoms with Crippen LogP contribution in [-0.4, -0.2) is 27.1 Å². The van der Waals surface area contributed by atoms with Crippen LogP contribution in [0.15, 0.2) is 36.7 Å². The summed E-state index contributed by atoms with van der Waals surface area (Å²) in [6, 6.07) is 8.42. The average molecular weight is 271 g/mol. The van der Waals surface area contributed by atoms with Gasteiger partial charge >= 0.3 is 5.97 Å². The maximum absolute atomic E-state index is 10.7. The third-order valence-corrected chi connectivity index (χ3v) is 3.05. The van der Waals surface area contributed by atoms with Crippen LogP contribution in [0.5, 0.6) is 0 Å². The van der Waals surface area contributed by atoms with E-state index in [2.05, 4.69) is 41.3 Å². The number of carbonyl (C=O) groups is 1. The fourth-order valence-corrected chi connectivity index (χ4v) is 1.99. The van der Waals surface area contributed by atoms with Crippen molar-refractivity contribution in [3.63, 3.8) is 0 Å². The topological polar surface area (TPSA) is 75.1 Å².